The molecule has 15 heavy (non-hydrogen) atoms. The lowest BCUT2D eigenvalue weighted by Gasteiger charge is -2.11. The summed E-state index contributed by atoms with van der Waals surface area (Å²) in [5.41, 5.74) is 1.21. The molecular formula is C13H18O2. The Morgan fingerprint density at radius 2 is 2.13 bits per heavy atom. The average molecular weight is 206 g/mol. The van der Waals surface area contributed by atoms with Gasteiger partial charge in [0.25, 0.3) is 0 Å². The van der Waals surface area contributed by atoms with Gasteiger partial charge in [-0.25, -0.2) is 0 Å². The molecular weight excluding hydrogens is 188 g/mol. The number of benzene rings is 1. The van der Waals surface area contributed by atoms with Gasteiger partial charge in [-0.05, 0) is 42.4 Å². The lowest BCUT2D eigenvalue weighted by Crippen LogP contribution is -2.00. The number of ether oxygens (including phenoxy) is 1. The zero-order chi connectivity index (χ0) is 10.8. The van der Waals surface area contributed by atoms with Gasteiger partial charge in [-0.2, -0.15) is 0 Å². The highest BCUT2D eigenvalue weighted by molar-refractivity contribution is 5.42. The predicted molar refractivity (Wildman–Crippen MR) is 60.4 cm³/mol. The first kappa shape index (κ1) is 10.3. The van der Waals surface area contributed by atoms with E-state index in [2.05, 4.69) is 13.8 Å². The van der Waals surface area contributed by atoms with E-state index >= 15 is 0 Å². The summed E-state index contributed by atoms with van der Waals surface area (Å²) in [6, 6.07) is 5.62. The van der Waals surface area contributed by atoms with Gasteiger partial charge in [0, 0.05) is 0 Å². The van der Waals surface area contributed by atoms with E-state index in [-0.39, 0.29) is 5.75 Å². The Morgan fingerprint density at radius 1 is 1.40 bits per heavy atom. The van der Waals surface area contributed by atoms with Crippen LogP contribution >= 0.6 is 0 Å². The first-order chi connectivity index (χ1) is 7.16. The molecule has 2 nitrogen and oxygen atoms in total. The molecule has 2 heteroatoms. The van der Waals surface area contributed by atoms with Gasteiger partial charge in [-0.3, -0.25) is 0 Å². The molecule has 0 saturated heterocycles. The molecule has 1 aromatic rings. The quantitative estimate of drug-likeness (QED) is 0.819. The fraction of sp³-hybridized carbons (Fsp3) is 0.538. The van der Waals surface area contributed by atoms with Crippen LogP contribution in [0.4, 0.5) is 0 Å². The van der Waals surface area contributed by atoms with Crippen molar-refractivity contribution in [3.05, 3.63) is 23.8 Å². The van der Waals surface area contributed by atoms with Gasteiger partial charge in [-0.15, -0.1) is 0 Å². The van der Waals surface area contributed by atoms with E-state index < -0.39 is 0 Å². The molecule has 0 amide bonds. The maximum Gasteiger partial charge on any atom is 0.161 e. The van der Waals surface area contributed by atoms with Crippen molar-refractivity contribution in [1.29, 1.82) is 0 Å². The Hall–Kier alpha value is -1.18. The van der Waals surface area contributed by atoms with Gasteiger partial charge in [-0.1, -0.05) is 19.9 Å². The topological polar surface area (TPSA) is 29.5 Å². The number of rotatable bonds is 4. The normalized spacial score (nSPS) is 15.7. The number of phenols is 1. The SMILES string of the molecule is CC(C)c1ccc(O)c(OCC2CC2)c1. The minimum absolute atomic E-state index is 0.250. The monoisotopic (exact) mass is 206 g/mol. The summed E-state index contributed by atoms with van der Waals surface area (Å²) in [7, 11) is 0. The van der Waals surface area contributed by atoms with Crippen LogP contribution in [0.2, 0.25) is 0 Å². The minimum atomic E-state index is 0.250. The third-order valence-electron chi connectivity index (χ3n) is 2.82. The third kappa shape index (κ3) is 2.65. The maximum atomic E-state index is 9.63. The van der Waals surface area contributed by atoms with Crippen molar-refractivity contribution in [1.82, 2.24) is 0 Å². The number of phenolic OH excluding ortho intramolecular Hbond substituents is 1. The molecule has 0 atom stereocenters. The van der Waals surface area contributed by atoms with Gasteiger partial charge in [0.2, 0.25) is 0 Å². The first-order valence-electron chi connectivity index (χ1n) is 5.62. The van der Waals surface area contributed by atoms with E-state index in [4.69, 9.17) is 4.74 Å². The van der Waals surface area contributed by atoms with Crippen molar-refractivity contribution in [2.24, 2.45) is 5.92 Å². The molecule has 0 bridgehead atoms. The van der Waals surface area contributed by atoms with Crippen LogP contribution in [0.5, 0.6) is 11.5 Å². The summed E-state index contributed by atoms with van der Waals surface area (Å²) in [6.07, 6.45) is 2.54. The van der Waals surface area contributed by atoms with E-state index in [9.17, 15) is 5.11 Å². The van der Waals surface area contributed by atoms with Crippen molar-refractivity contribution in [3.63, 3.8) is 0 Å². The second-order valence-corrected chi connectivity index (χ2v) is 4.64. The Kier molecular flexibility index (Phi) is 2.85. The van der Waals surface area contributed by atoms with Crippen molar-refractivity contribution < 1.29 is 9.84 Å². The highest BCUT2D eigenvalue weighted by Gasteiger charge is 2.22. The average Bonchev–Trinajstić information content (AvgIpc) is 3.00. The molecule has 0 spiro atoms. The van der Waals surface area contributed by atoms with Crippen molar-refractivity contribution in [2.75, 3.05) is 6.61 Å². The molecule has 82 valence electrons. The standard InChI is InChI=1S/C13H18O2/c1-9(2)11-5-6-12(14)13(7-11)15-8-10-3-4-10/h5-7,9-10,14H,3-4,8H2,1-2H3. The number of hydrogen-bond donors (Lipinski definition) is 1. The van der Waals surface area contributed by atoms with Gasteiger partial charge in [0.1, 0.15) is 0 Å². The van der Waals surface area contributed by atoms with Crippen LogP contribution in [0, 0.1) is 5.92 Å². The lowest BCUT2D eigenvalue weighted by atomic mass is 10.0. The number of hydrogen-bond acceptors (Lipinski definition) is 2. The molecule has 1 fully saturated rings. The smallest absolute Gasteiger partial charge is 0.161 e. The van der Waals surface area contributed by atoms with E-state index in [1.807, 2.05) is 12.1 Å². The first-order valence-corrected chi connectivity index (χ1v) is 5.62. The van der Waals surface area contributed by atoms with E-state index in [1.54, 1.807) is 6.07 Å². The zero-order valence-corrected chi connectivity index (χ0v) is 9.36. The molecule has 0 heterocycles. The van der Waals surface area contributed by atoms with E-state index in [0.717, 1.165) is 6.61 Å². The zero-order valence-electron chi connectivity index (χ0n) is 9.36. The Morgan fingerprint density at radius 3 is 2.73 bits per heavy atom. The van der Waals surface area contributed by atoms with Gasteiger partial charge >= 0.3 is 0 Å². The molecule has 1 aliphatic rings. The summed E-state index contributed by atoms with van der Waals surface area (Å²) < 4.78 is 5.60. The molecule has 1 saturated carbocycles. The van der Waals surface area contributed by atoms with Gasteiger partial charge in [0.05, 0.1) is 6.61 Å². The van der Waals surface area contributed by atoms with Crippen LogP contribution in [-0.4, -0.2) is 11.7 Å². The highest BCUT2D eigenvalue weighted by atomic mass is 16.5. The second kappa shape index (κ2) is 4.13. The van der Waals surface area contributed by atoms with Crippen molar-refractivity contribution >= 4 is 0 Å². The van der Waals surface area contributed by atoms with Crippen LogP contribution in [-0.2, 0) is 0 Å². The fourth-order valence-electron chi connectivity index (χ4n) is 1.50. The van der Waals surface area contributed by atoms with Crippen LogP contribution in [0.15, 0.2) is 18.2 Å². The van der Waals surface area contributed by atoms with E-state index in [1.165, 1.54) is 18.4 Å². The summed E-state index contributed by atoms with van der Waals surface area (Å²) in [5, 5.41) is 9.63. The number of aromatic hydroxyl groups is 1. The molecule has 0 unspecified atom stereocenters. The lowest BCUT2D eigenvalue weighted by molar-refractivity contribution is 0.284. The Balaban J connectivity index is 2.08. The summed E-state index contributed by atoms with van der Waals surface area (Å²) in [6.45, 7) is 5.02. The Bertz CT molecular complexity index is 340. The summed E-state index contributed by atoms with van der Waals surface area (Å²) in [5.74, 6) is 2.06. The molecule has 0 radical (unpaired) electrons. The summed E-state index contributed by atoms with van der Waals surface area (Å²) >= 11 is 0. The molecule has 0 aromatic heterocycles. The third-order valence-corrected chi connectivity index (χ3v) is 2.82. The molecule has 1 N–H and O–H groups in total. The van der Waals surface area contributed by atoms with Crippen LogP contribution in [0.3, 0.4) is 0 Å². The predicted octanol–water partition coefficient (Wildman–Crippen LogP) is 3.30. The fourth-order valence-corrected chi connectivity index (χ4v) is 1.50. The van der Waals surface area contributed by atoms with E-state index in [0.29, 0.717) is 17.6 Å². The maximum absolute atomic E-state index is 9.63. The van der Waals surface area contributed by atoms with Gasteiger partial charge < -0.3 is 9.84 Å². The van der Waals surface area contributed by atoms with Gasteiger partial charge in [0.15, 0.2) is 11.5 Å². The minimum Gasteiger partial charge on any atom is -0.504 e. The van der Waals surface area contributed by atoms with Crippen LogP contribution in [0.1, 0.15) is 38.2 Å². The molecule has 0 aliphatic heterocycles. The molecule has 1 aliphatic carbocycles. The van der Waals surface area contributed by atoms with Crippen LogP contribution in [0.25, 0.3) is 0 Å². The molecule has 1 aromatic carbocycles. The van der Waals surface area contributed by atoms with Crippen LogP contribution < -0.4 is 4.74 Å². The molecule has 2 rings (SSSR count). The van der Waals surface area contributed by atoms with Crippen molar-refractivity contribution in [2.45, 2.75) is 32.6 Å². The largest absolute Gasteiger partial charge is 0.504 e. The summed E-state index contributed by atoms with van der Waals surface area (Å²) in [4.78, 5) is 0. The second-order valence-electron chi connectivity index (χ2n) is 4.64. The highest BCUT2D eigenvalue weighted by Crippen LogP contribution is 2.33. The Labute approximate surface area is 90.9 Å². The van der Waals surface area contributed by atoms with Crippen molar-refractivity contribution in [3.8, 4) is 11.5 Å².